The number of carbonyl (C=O) groups excluding carboxylic acids is 1. The number of aliphatic hydroxyl groups is 1. The quantitative estimate of drug-likeness (QED) is 0.583. The zero-order chi connectivity index (χ0) is 13.1. The molecule has 0 aliphatic carbocycles. The fraction of sp³-hybridized carbons (Fsp3) is 0.900. The molecule has 17 heavy (non-hydrogen) atoms. The highest BCUT2D eigenvalue weighted by atomic mass is 32.2. The summed E-state index contributed by atoms with van der Waals surface area (Å²) in [6.07, 6.45) is 0.120. The lowest BCUT2D eigenvalue weighted by atomic mass is 10.1. The molecule has 0 aromatic carbocycles. The lowest BCUT2D eigenvalue weighted by molar-refractivity contribution is -0.122. The van der Waals surface area contributed by atoms with Crippen LogP contribution in [0, 0.1) is 0 Å². The molecule has 0 bridgehead atoms. The Balaban J connectivity index is 2.36. The van der Waals surface area contributed by atoms with Crippen molar-refractivity contribution >= 4 is 15.7 Å². The molecule has 1 fully saturated rings. The van der Waals surface area contributed by atoms with Gasteiger partial charge in [-0.3, -0.25) is 4.79 Å². The van der Waals surface area contributed by atoms with Crippen molar-refractivity contribution in [2.24, 2.45) is 0 Å². The van der Waals surface area contributed by atoms with Crippen LogP contribution >= 0.6 is 0 Å². The minimum atomic E-state index is -3.01. The Morgan fingerprint density at radius 2 is 2.18 bits per heavy atom. The summed E-state index contributed by atoms with van der Waals surface area (Å²) in [5, 5.41) is 15.0. The summed E-state index contributed by atoms with van der Waals surface area (Å²) in [6, 6.07) is -0.324. The Labute approximate surface area is 102 Å². The second kappa shape index (κ2) is 5.32. The third-order valence-corrected chi connectivity index (χ3v) is 4.19. The second-order valence-electron chi connectivity index (χ2n) is 5.06. The number of hydrogen-bond donors (Lipinski definition) is 3. The first-order valence-electron chi connectivity index (χ1n) is 5.61. The molecule has 0 radical (unpaired) electrons. The number of rotatable bonds is 4. The summed E-state index contributed by atoms with van der Waals surface area (Å²) in [4.78, 5) is 11.5. The van der Waals surface area contributed by atoms with Gasteiger partial charge in [0.05, 0.1) is 17.1 Å². The molecule has 6 nitrogen and oxygen atoms in total. The average molecular weight is 264 g/mol. The van der Waals surface area contributed by atoms with Crippen LogP contribution in [0.4, 0.5) is 0 Å². The van der Waals surface area contributed by atoms with Crippen LogP contribution in [0.2, 0.25) is 0 Å². The van der Waals surface area contributed by atoms with Crippen LogP contribution in [0.25, 0.3) is 0 Å². The first-order valence-corrected chi connectivity index (χ1v) is 7.43. The smallest absolute Gasteiger partial charge is 0.221 e. The predicted octanol–water partition coefficient (Wildman–Crippen LogP) is -1.35. The highest BCUT2D eigenvalue weighted by Crippen LogP contribution is 2.05. The molecule has 0 spiro atoms. The third-order valence-electron chi connectivity index (χ3n) is 2.45. The molecule has 1 aliphatic rings. The summed E-state index contributed by atoms with van der Waals surface area (Å²) in [6.45, 7) is 3.74. The van der Waals surface area contributed by atoms with Crippen molar-refractivity contribution in [3.63, 3.8) is 0 Å². The van der Waals surface area contributed by atoms with Gasteiger partial charge in [-0.2, -0.15) is 0 Å². The maximum atomic E-state index is 11.5. The molecule has 1 saturated heterocycles. The van der Waals surface area contributed by atoms with E-state index in [1.54, 1.807) is 13.8 Å². The van der Waals surface area contributed by atoms with Crippen molar-refractivity contribution in [3.05, 3.63) is 0 Å². The summed E-state index contributed by atoms with van der Waals surface area (Å²) >= 11 is 0. The van der Waals surface area contributed by atoms with Gasteiger partial charge >= 0.3 is 0 Å². The summed E-state index contributed by atoms with van der Waals surface area (Å²) in [5.74, 6) is -0.112. The average Bonchev–Trinajstić information content (AvgIpc) is 2.12. The number of hydrogen-bond acceptors (Lipinski definition) is 5. The van der Waals surface area contributed by atoms with Crippen LogP contribution in [-0.4, -0.2) is 55.7 Å². The maximum absolute atomic E-state index is 11.5. The van der Waals surface area contributed by atoms with Gasteiger partial charge in [-0.05, 0) is 13.8 Å². The van der Waals surface area contributed by atoms with E-state index in [1.165, 1.54) is 0 Å². The monoisotopic (exact) mass is 264 g/mol. The lowest BCUT2D eigenvalue weighted by Crippen LogP contribution is -2.48. The van der Waals surface area contributed by atoms with Gasteiger partial charge in [0, 0.05) is 25.6 Å². The highest BCUT2D eigenvalue weighted by Gasteiger charge is 2.26. The van der Waals surface area contributed by atoms with E-state index in [2.05, 4.69) is 10.6 Å². The van der Waals surface area contributed by atoms with Gasteiger partial charge < -0.3 is 15.7 Å². The fourth-order valence-electron chi connectivity index (χ4n) is 1.61. The molecule has 1 aliphatic heterocycles. The van der Waals surface area contributed by atoms with Crippen LogP contribution in [-0.2, 0) is 14.6 Å². The molecule has 3 N–H and O–H groups in total. The normalized spacial score (nSPS) is 24.3. The zero-order valence-electron chi connectivity index (χ0n) is 10.2. The van der Waals surface area contributed by atoms with E-state index in [1.807, 2.05) is 0 Å². The standard InChI is InChI=1S/C10H20N2O4S/c1-10(2,14)7-12-9(13)5-8-6-17(15,16)4-3-11-8/h8,11,14H,3-7H2,1-2H3,(H,12,13). The van der Waals surface area contributed by atoms with Crippen LogP contribution in [0.15, 0.2) is 0 Å². The second-order valence-corrected chi connectivity index (χ2v) is 7.29. The van der Waals surface area contributed by atoms with Crippen molar-refractivity contribution in [1.82, 2.24) is 10.6 Å². The molecule has 0 aromatic rings. The van der Waals surface area contributed by atoms with Crippen LogP contribution in [0.1, 0.15) is 20.3 Å². The summed E-state index contributed by atoms with van der Waals surface area (Å²) < 4.78 is 22.7. The Morgan fingerprint density at radius 1 is 1.53 bits per heavy atom. The van der Waals surface area contributed by atoms with Crippen LogP contribution < -0.4 is 10.6 Å². The van der Waals surface area contributed by atoms with Gasteiger partial charge in [0.2, 0.25) is 5.91 Å². The highest BCUT2D eigenvalue weighted by molar-refractivity contribution is 7.91. The minimum Gasteiger partial charge on any atom is -0.389 e. The Kier molecular flexibility index (Phi) is 4.51. The van der Waals surface area contributed by atoms with Gasteiger partial charge in [-0.15, -0.1) is 0 Å². The SMILES string of the molecule is CC(C)(O)CNC(=O)CC1CS(=O)(=O)CCN1. The molecule has 1 amide bonds. The van der Waals surface area contributed by atoms with Crippen LogP contribution in [0.5, 0.6) is 0 Å². The van der Waals surface area contributed by atoms with Gasteiger partial charge in [-0.1, -0.05) is 0 Å². The van der Waals surface area contributed by atoms with E-state index in [9.17, 15) is 18.3 Å². The molecular weight excluding hydrogens is 244 g/mol. The van der Waals surface area contributed by atoms with Gasteiger partial charge in [0.1, 0.15) is 0 Å². The molecule has 1 rings (SSSR count). The number of amides is 1. The van der Waals surface area contributed by atoms with Crippen molar-refractivity contribution in [2.45, 2.75) is 31.9 Å². The van der Waals surface area contributed by atoms with Crippen molar-refractivity contribution in [3.8, 4) is 0 Å². The van der Waals surface area contributed by atoms with E-state index in [4.69, 9.17) is 0 Å². The van der Waals surface area contributed by atoms with E-state index >= 15 is 0 Å². The number of nitrogens with one attached hydrogen (secondary N) is 2. The fourth-order valence-corrected chi connectivity index (χ4v) is 3.05. The molecule has 1 unspecified atom stereocenters. The lowest BCUT2D eigenvalue weighted by Gasteiger charge is -2.24. The minimum absolute atomic E-state index is 0.00291. The van der Waals surface area contributed by atoms with Crippen molar-refractivity contribution < 1.29 is 18.3 Å². The van der Waals surface area contributed by atoms with E-state index in [0.29, 0.717) is 6.54 Å². The largest absolute Gasteiger partial charge is 0.389 e. The third kappa shape index (κ3) is 5.99. The molecule has 0 saturated carbocycles. The predicted molar refractivity (Wildman–Crippen MR) is 64.4 cm³/mol. The molecular formula is C10H20N2O4S. The Hall–Kier alpha value is -0.660. The Morgan fingerprint density at radius 3 is 2.71 bits per heavy atom. The van der Waals surface area contributed by atoms with E-state index in [-0.39, 0.29) is 36.4 Å². The first kappa shape index (κ1) is 14.4. The van der Waals surface area contributed by atoms with Gasteiger partial charge in [0.15, 0.2) is 9.84 Å². The van der Waals surface area contributed by atoms with Crippen LogP contribution in [0.3, 0.4) is 0 Å². The van der Waals surface area contributed by atoms with Crippen molar-refractivity contribution in [1.29, 1.82) is 0 Å². The van der Waals surface area contributed by atoms with E-state index < -0.39 is 15.4 Å². The molecule has 0 aromatic heterocycles. The maximum Gasteiger partial charge on any atom is 0.221 e. The number of carbonyl (C=O) groups is 1. The van der Waals surface area contributed by atoms with Gasteiger partial charge in [-0.25, -0.2) is 8.42 Å². The topological polar surface area (TPSA) is 95.5 Å². The first-order chi connectivity index (χ1) is 7.68. The molecule has 1 heterocycles. The van der Waals surface area contributed by atoms with Gasteiger partial charge in [0.25, 0.3) is 0 Å². The summed E-state index contributed by atoms with van der Waals surface area (Å²) in [7, 11) is -3.01. The number of sulfone groups is 1. The zero-order valence-corrected chi connectivity index (χ0v) is 11.0. The molecule has 1 atom stereocenters. The molecule has 7 heteroatoms. The molecule has 100 valence electrons. The van der Waals surface area contributed by atoms with E-state index in [0.717, 1.165) is 0 Å². The summed E-state index contributed by atoms with van der Waals surface area (Å²) in [5.41, 5.74) is -0.957. The Bertz CT molecular complexity index is 372. The van der Waals surface area contributed by atoms with Crippen molar-refractivity contribution in [2.75, 3.05) is 24.6 Å².